The van der Waals surface area contributed by atoms with Gasteiger partial charge in [0.15, 0.2) is 15.2 Å². The summed E-state index contributed by atoms with van der Waals surface area (Å²) < 4.78 is 0.665. The summed E-state index contributed by atoms with van der Waals surface area (Å²) in [4.78, 5) is 48.9. The first kappa shape index (κ1) is 31.3. The number of fused-ring (bicyclic) bond motifs is 1. The fourth-order valence-electron chi connectivity index (χ4n) is 3.33. The SMILES string of the molecule is CC(CN)ON=C(C(=O)NC1C(=O)N2CC(CSc3nncs3)(C(=O)O)CS[C@H]12)c1csc(N)n1.Cl.Cl. The second kappa shape index (κ2) is 13.3. The van der Waals surface area contributed by atoms with Crippen molar-refractivity contribution >= 4 is 99.6 Å². The highest BCUT2D eigenvalue weighted by atomic mass is 35.5. The number of thioether (sulfide) groups is 2. The third kappa shape index (κ3) is 6.76. The fourth-order valence-corrected chi connectivity index (χ4v) is 7.23. The van der Waals surface area contributed by atoms with Crippen molar-refractivity contribution in [2.24, 2.45) is 16.3 Å². The minimum absolute atomic E-state index is 0. The van der Waals surface area contributed by atoms with Gasteiger partial charge in [-0.05, 0) is 6.92 Å². The molecule has 0 aromatic carbocycles. The molecule has 37 heavy (non-hydrogen) atoms. The Balaban J connectivity index is 0.00000241. The standard InChI is InChI=1S/C18H22N8O5S4.2ClH/c1-8(2-19)31-25-10(9-3-32-16(20)22-9)12(27)23-11-13(28)26-4-18(15(29)30,5-33-14(11)26)6-34-17-24-21-7-35-17;;/h3,7-8,11,14H,2,4-6,19H2,1H3,(H2,20,22)(H,23,27)(H,29,30);2*1H/t8?,11?,14-,18?;;/m1../s1. The summed E-state index contributed by atoms with van der Waals surface area (Å²) in [6, 6.07) is -0.830. The normalized spacial score (nSPS) is 23.6. The maximum absolute atomic E-state index is 13.0. The Kier molecular flexibility index (Phi) is 11.2. The Bertz CT molecular complexity index is 1140. The molecule has 4 rings (SSSR count). The van der Waals surface area contributed by atoms with Crippen molar-refractivity contribution in [1.82, 2.24) is 25.4 Å². The van der Waals surface area contributed by atoms with Crippen molar-refractivity contribution in [3.63, 3.8) is 0 Å². The van der Waals surface area contributed by atoms with Gasteiger partial charge in [-0.3, -0.25) is 14.4 Å². The Morgan fingerprint density at radius 2 is 2.19 bits per heavy atom. The Labute approximate surface area is 240 Å². The topological polar surface area (TPSA) is 199 Å². The summed E-state index contributed by atoms with van der Waals surface area (Å²) in [5, 5.41) is 25.7. The van der Waals surface area contributed by atoms with E-state index in [2.05, 4.69) is 25.7 Å². The fraction of sp³-hybridized carbons (Fsp3) is 0.500. The van der Waals surface area contributed by atoms with Crippen LogP contribution in [-0.2, 0) is 19.2 Å². The lowest BCUT2D eigenvalue weighted by atomic mass is 9.89. The molecule has 2 fully saturated rings. The molecule has 0 bridgehead atoms. The van der Waals surface area contributed by atoms with Gasteiger partial charge in [-0.1, -0.05) is 28.3 Å². The zero-order valence-corrected chi connectivity index (χ0v) is 24.0. The number of rotatable bonds is 10. The van der Waals surface area contributed by atoms with E-state index >= 15 is 0 Å². The number of nitrogens with two attached hydrogens (primary N) is 2. The molecule has 4 heterocycles. The number of anilines is 1. The number of aromatic nitrogens is 3. The molecule has 0 radical (unpaired) electrons. The number of halogens is 2. The number of aliphatic carboxylic acids is 1. The lowest BCUT2D eigenvalue weighted by Gasteiger charge is -2.53. The number of nitrogens with zero attached hydrogens (tertiary/aromatic N) is 5. The molecule has 2 amide bonds. The minimum atomic E-state index is -1.14. The molecule has 3 unspecified atom stereocenters. The first-order chi connectivity index (χ1) is 16.7. The summed E-state index contributed by atoms with van der Waals surface area (Å²) in [5.74, 6) is -1.48. The number of nitrogen functional groups attached to an aromatic ring is 1. The zero-order valence-electron chi connectivity index (χ0n) is 19.1. The second-order valence-corrected chi connectivity index (χ2v) is 11.9. The highest BCUT2D eigenvalue weighted by molar-refractivity contribution is 8.01. The molecule has 204 valence electrons. The van der Waals surface area contributed by atoms with Gasteiger partial charge in [-0.25, -0.2) is 4.98 Å². The molecule has 2 saturated heterocycles. The molecule has 2 aromatic heterocycles. The highest BCUT2D eigenvalue weighted by Crippen LogP contribution is 2.44. The van der Waals surface area contributed by atoms with Gasteiger partial charge < -0.3 is 31.6 Å². The van der Waals surface area contributed by atoms with Crippen LogP contribution in [0.15, 0.2) is 20.4 Å². The van der Waals surface area contributed by atoms with Crippen molar-refractivity contribution in [2.45, 2.75) is 28.8 Å². The minimum Gasteiger partial charge on any atom is -0.481 e. The first-order valence-corrected chi connectivity index (χ1v) is 14.0. The van der Waals surface area contributed by atoms with Gasteiger partial charge in [-0.2, -0.15) is 0 Å². The summed E-state index contributed by atoms with van der Waals surface area (Å²) in [6.07, 6.45) is -0.439. The van der Waals surface area contributed by atoms with Crippen LogP contribution in [0.5, 0.6) is 0 Å². The number of hydrogen-bond donors (Lipinski definition) is 4. The van der Waals surface area contributed by atoms with E-state index in [1.165, 1.54) is 39.8 Å². The summed E-state index contributed by atoms with van der Waals surface area (Å²) in [5.41, 5.74) is 11.8. The molecule has 0 saturated carbocycles. The lowest BCUT2D eigenvalue weighted by Crippen LogP contribution is -2.74. The van der Waals surface area contributed by atoms with E-state index in [4.69, 9.17) is 16.3 Å². The van der Waals surface area contributed by atoms with E-state index < -0.39 is 34.8 Å². The largest absolute Gasteiger partial charge is 0.481 e. The number of carboxylic acid groups (broad SMARTS) is 1. The number of amides is 2. The zero-order chi connectivity index (χ0) is 25.2. The van der Waals surface area contributed by atoms with E-state index in [0.717, 1.165) is 11.3 Å². The van der Waals surface area contributed by atoms with Gasteiger partial charge in [0.2, 0.25) is 5.91 Å². The Hall–Kier alpha value is -1.89. The van der Waals surface area contributed by atoms with Crippen molar-refractivity contribution in [2.75, 3.05) is 30.3 Å². The number of oxime groups is 1. The van der Waals surface area contributed by atoms with Crippen molar-refractivity contribution in [3.05, 3.63) is 16.6 Å². The Morgan fingerprint density at radius 3 is 2.78 bits per heavy atom. The summed E-state index contributed by atoms with van der Waals surface area (Å²) >= 11 is 5.08. The van der Waals surface area contributed by atoms with Gasteiger partial charge in [0.05, 0.1) is 0 Å². The first-order valence-electron chi connectivity index (χ1n) is 10.2. The van der Waals surface area contributed by atoms with E-state index in [9.17, 15) is 19.5 Å². The van der Waals surface area contributed by atoms with Crippen LogP contribution in [0.3, 0.4) is 0 Å². The molecule has 13 nitrogen and oxygen atoms in total. The molecular formula is C18H24Cl2N8O5S4. The van der Waals surface area contributed by atoms with Gasteiger partial charge in [-0.15, -0.1) is 58.1 Å². The maximum atomic E-state index is 13.0. The molecule has 2 aromatic rings. The predicted molar refractivity (Wildman–Crippen MR) is 148 cm³/mol. The molecule has 0 aliphatic carbocycles. The van der Waals surface area contributed by atoms with E-state index in [-0.39, 0.29) is 71.9 Å². The molecule has 2 aliphatic heterocycles. The summed E-state index contributed by atoms with van der Waals surface area (Å²) in [6.45, 7) is 1.92. The lowest BCUT2D eigenvalue weighted by molar-refractivity contribution is -0.157. The van der Waals surface area contributed by atoms with Crippen LogP contribution in [0.2, 0.25) is 0 Å². The number of carboxylic acids is 1. The number of nitrogens with one attached hydrogen (secondary N) is 1. The van der Waals surface area contributed by atoms with Crippen LogP contribution < -0.4 is 16.8 Å². The van der Waals surface area contributed by atoms with E-state index in [1.807, 2.05) is 0 Å². The van der Waals surface area contributed by atoms with Gasteiger partial charge in [0.1, 0.15) is 34.1 Å². The van der Waals surface area contributed by atoms with Crippen LogP contribution >= 0.6 is 71.0 Å². The smallest absolute Gasteiger partial charge is 0.313 e. The van der Waals surface area contributed by atoms with Crippen LogP contribution in [0, 0.1) is 5.41 Å². The number of carbonyl (C=O) groups is 3. The Morgan fingerprint density at radius 1 is 1.43 bits per heavy atom. The third-order valence-corrected chi connectivity index (χ3v) is 9.74. The third-order valence-electron chi connectivity index (χ3n) is 5.33. The molecule has 0 spiro atoms. The number of hydrogen-bond acceptors (Lipinski definition) is 14. The van der Waals surface area contributed by atoms with Crippen molar-refractivity contribution in [3.8, 4) is 0 Å². The van der Waals surface area contributed by atoms with Crippen molar-refractivity contribution < 1.29 is 24.3 Å². The van der Waals surface area contributed by atoms with E-state index in [0.29, 0.717) is 4.34 Å². The number of β-lactam (4-membered cyclic amide) rings is 1. The average Bonchev–Trinajstić information content (AvgIpc) is 3.52. The van der Waals surface area contributed by atoms with Crippen LogP contribution in [-0.4, -0.2) is 90.8 Å². The average molecular weight is 632 g/mol. The number of thiazole rings is 1. The number of carbonyl (C=O) groups excluding carboxylic acids is 2. The molecular weight excluding hydrogens is 607 g/mol. The molecule has 2 aliphatic rings. The van der Waals surface area contributed by atoms with Crippen LogP contribution in [0.1, 0.15) is 12.6 Å². The van der Waals surface area contributed by atoms with Crippen LogP contribution in [0.25, 0.3) is 0 Å². The van der Waals surface area contributed by atoms with Gasteiger partial charge >= 0.3 is 5.97 Å². The quantitative estimate of drug-likeness (QED) is 0.124. The molecule has 6 N–H and O–H groups in total. The van der Waals surface area contributed by atoms with Gasteiger partial charge in [0.25, 0.3) is 5.91 Å². The van der Waals surface area contributed by atoms with Gasteiger partial charge in [0, 0.05) is 30.0 Å². The highest BCUT2D eigenvalue weighted by Gasteiger charge is 2.57. The van der Waals surface area contributed by atoms with Crippen LogP contribution in [0.4, 0.5) is 5.13 Å². The second-order valence-electron chi connectivity index (χ2n) is 7.86. The van der Waals surface area contributed by atoms with Crippen molar-refractivity contribution in [1.29, 1.82) is 0 Å². The molecule has 4 atom stereocenters. The van der Waals surface area contributed by atoms with E-state index in [1.54, 1.807) is 17.8 Å². The predicted octanol–water partition coefficient (Wildman–Crippen LogP) is 0.751. The maximum Gasteiger partial charge on any atom is 0.313 e. The monoisotopic (exact) mass is 630 g/mol. The summed E-state index contributed by atoms with van der Waals surface area (Å²) in [7, 11) is 0. The molecule has 19 heteroatoms.